The largest absolute Gasteiger partial charge is 0.444 e. The van der Waals surface area contributed by atoms with Crippen LogP contribution in [0.2, 0.25) is 0 Å². The van der Waals surface area contributed by atoms with Gasteiger partial charge in [-0.15, -0.1) is 6.42 Å². The summed E-state index contributed by atoms with van der Waals surface area (Å²) >= 11 is 0. The molecule has 1 atom stereocenters. The predicted molar refractivity (Wildman–Crippen MR) is 74.8 cm³/mol. The highest BCUT2D eigenvalue weighted by atomic mass is 16.6. The van der Waals surface area contributed by atoms with Crippen LogP contribution in [0.15, 0.2) is 0 Å². The van der Waals surface area contributed by atoms with Crippen LogP contribution in [-0.2, 0) is 9.47 Å². The minimum absolute atomic E-state index is 0.269. The fourth-order valence-electron chi connectivity index (χ4n) is 2.28. The van der Waals surface area contributed by atoms with E-state index in [1.54, 1.807) is 4.90 Å². The molecule has 1 unspecified atom stereocenters. The van der Waals surface area contributed by atoms with E-state index in [0.717, 1.165) is 25.8 Å². The molecule has 0 aliphatic carbocycles. The van der Waals surface area contributed by atoms with Gasteiger partial charge in [-0.1, -0.05) is 12.8 Å². The van der Waals surface area contributed by atoms with Crippen LogP contribution in [0.25, 0.3) is 0 Å². The summed E-state index contributed by atoms with van der Waals surface area (Å²) in [5.74, 6) is 2.50. The summed E-state index contributed by atoms with van der Waals surface area (Å²) in [7, 11) is 0. The summed E-state index contributed by atoms with van der Waals surface area (Å²) in [6, 6.07) is 0. The standard InChI is InChI=1S/C15H25NO3/c1-6-11-18-15(7-2)9-8-10-16(12-15)13(17)19-14(3,4)5/h1H,7-12H2,2-5H3. The second kappa shape index (κ2) is 6.29. The third kappa shape index (κ3) is 4.76. The molecule has 1 heterocycles. The highest BCUT2D eigenvalue weighted by Crippen LogP contribution is 2.29. The summed E-state index contributed by atoms with van der Waals surface area (Å²) in [5.41, 5.74) is -0.787. The molecular formula is C15H25NO3. The van der Waals surface area contributed by atoms with E-state index in [4.69, 9.17) is 15.9 Å². The Morgan fingerprint density at radius 1 is 1.47 bits per heavy atom. The number of carbonyl (C=O) groups excluding carboxylic acids is 1. The quantitative estimate of drug-likeness (QED) is 0.738. The first kappa shape index (κ1) is 15.8. The summed E-state index contributed by atoms with van der Waals surface area (Å²) < 4.78 is 11.2. The van der Waals surface area contributed by atoms with Crippen LogP contribution in [0.4, 0.5) is 4.79 Å². The maximum Gasteiger partial charge on any atom is 0.410 e. The topological polar surface area (TPSA) is 38.8 Å². The summed E-state index contributed by atoms with van der Waals surface area (Å²) in [4.78, 5) is 13.8. The van der Waals surface area contributed by atoms with Crippen molar-refractivity contribution < 1.29 is 14.3 Å². The van der Waals surface area contributed by atoms with Crippen molar-refractivity contribution in [3.8, 4) is 12.3 Å². The lowest BCUT2D eigenvalue weighted by Gasteiger charge is -2.42. The molecule has 0 aromatic rings. The van der Waals surface area contributed by atoms with Gasteiger partial charge < -0.3 is 14.4 Å². The molecule has 0 aromatic carbocycles. The van der Waals surface area contributed by atoms with Gasteiger partial charge in [0.05, 0.1) is 12.1 Å². The Kier molecular flexibility index (Phi) is 5.25. The van der Waals surface area contributed by atoms with Crippen LogP contribution >= 0.6 is 0 Å². The molecule has 0 aromatic heterocycles. The second-order valence-electron chi connectivity index (χ2n) is 6.03. The molecule has 0 N–H and O–H groups in total. The molecule has 4 nitrogen and oxygen atoms in total. The van der Waals surface area contributed by atoms with E-state index in [1.807, 2.05) is 20.8 Å². The highest BCUT2D eigenvalue weighted by Gasteiger charge is 2.37. The SMILES string of the molecule is C#CCOC1(CC)CCCN(C(=O)OC(C)(C)C)C1. The molecule has 1 aliphatic heterocycles. The number of rotatable bonds is 3. The molecule has 0 saturated carbocycles. The Morgan fingerprint density at radius 2 is 2.16 bits per heavy atom. The number of hydrogen-bond acceptors (Lipinski definition) is 3. The van der Waals surface area contributed by atoms with Crippen LogP contribution in [0.1, 0.15) is 47.0 Å². The zero-order valence-corrected chi connectivity index (χ0v) is 12.5. The molecule has 1 aliphatic rings. The highest BCUT2D eigenvalue weighted by molar-refractivity contribution is 5.68. The number of nitrogens with zero attached hydrogens (tertiary/aromatic N) is 1. The molecule has 1 amide bonds. The molecule has 0 radical (unpaired) electrons. The summed E-state index contributed by atoms with van der Waals surface area (Å²) in [6.07, 6.45) is 7.68. The molecular weight excluding hydrogens is 242 g/mol. The molecule has 1 rings (SSSR count). The number of ether oxygens (including phenoxy) is 2. The Morgan fingerprint density at radius 3 is 2.68 bits per heavy atom. The van der Waals surface area contributed by atoms with E-state index >= 15 is 0 Å². The van der Waals surface area contributed by atoms with Crippen molar-refractivity contribution in [2.24, 2.45) is 0 Å². The van der Waals surface area contributed by atoms with Crippen molar-refractivity contribution in [3.63, 3.8) is 0 Å². The first-order valence-electron chi connectivity index (χ1n) is 6.87. The zero-order valence-electron chi connectivity index (χ0n) is 12.5. The second-order valence-corrected chi connectivity index (χ2v) is 6.03. The van der Waals surface area contributed by atoms with Gasteiger partial charge in [-0.2, -0.15) is 0 Å². The van der Waals surface area contributed by atoms with E-state index in [0.29, 0.717) is 6.54 Å². The molecule has 108 valence electrons. The fraction of sp³-hybridized carbons (Fsp3) is 0.800. The van der Waals surface area contributed by atoms with Gasteiger partial charge in [0, 0.05) is 6.54 Å². The number of piperidine rings is 1. The van der Waals surface area contributed by atoms with Crippen LogP contribution in [-0.4, -0.2) is 41.9 Å². The van der Waals surface area contributed by atoms with Crippen LogP contribution in [0, 0.1) is 12.3 Å². The molecule has 1 fully saturated rings. The molecule has 1 saturated heterocycles. The first-order chi connectivity index (χ1) is 8.82. The van der Waals surface area contributed by atoms with E-state index in [2.05, 4.69) is 12.8 Å². The average Bonchev–Trinajstić information content (AvgIpc) is 2.34. The van der Waals surface area contributed by atoms with E-state index < -0.39 is 5.60 Å². The summed E-state index contributed by atoms with van der Waals surface area (Å²) in [6.45, 7) is 9.24. The number of terminal acetylenes is 1. The lowest BCUT2D eigenvalue weighted by Crippen LogP contribution is -2.52. The van der Waals surface area contributed by atoms with Gasteiger partial charge in [0.25, 0.3) is 0 Å². The van der Waals surface area contributed by atoms with Gasteiger partial charge in [-0.3, -0.25) is 0 Å². The van der Waals surface area contributed by atoms with Gasteiger partial charge in [0.2, 0.25) is 0 Å². The Balaban J connectivity index is 2.67. The van der Waals surface area contributed by atoms with E-state index in [-0.39, 0.29) is 18.3 Å². The third-order valence-corrected chi connectivity index (χ3v) is 3.30. The monoisotopic (exact) mass is 267 g/mol. The van der Waals surface area contributed by atoms with Gasteiger partial charge >= 0.3 is 6.09 Å². The van der Waals surface area contributed by atoms with Crippen LogP contribution < -0.4 is 0 Å². The maximum atomic E-state index is 12.1. The molecule has 19 heavy (non-hydrogen) atoms. The lowest BCUT2D eigenvalue weighted by molar-refractivity contribution is -0.0820. The minimum Gasteiger partial charge on any atom is -0.444 e. The first-order valence-corrected chi connectivity index (χ1v) is 6.87. The average molecular weight is 267 g/mol. The number of hydrogen-bond donors (Lipinski definition) is 0. The van der Waals surface area contributed by atoms with Crippen LogP contribution in [0.3, 0.4) is 0 Å². The Hall–Kier alpha value is -1.21. The van der Waals surface area contributed by atoms with Gasteiger partial charge in [-0.05, 0) is 40.0 Å². The summed E-state index contributed by atoms with van der Waals surface area (Å²) in [5, 5.41) is 0. The minimum atomic E-state index is -0.469. The van der Waals surface area contributed by atoms with Gasteiger partial charge in [0.15, 0.2) is 0 Å². The third-order valence-electron chi connectivity index (χ3n) is 3.30. The van der Waals surface area contributed by atoms with Crippen LogP contribution in [0.5, 0.6) is 0 Å². The zero-order chi connectivity index (χ0) is 14.5. The van der Waals surface area contributed by atoms with Crippen molar-refractivity contribution in [1.82, 2.24) is 4.90 Å². The molecule has 0 spiro atoms. The van der Waals surface area contributed by atoms with Crippen molar-refractivity contribution in [1.29, 1.82) is 0 Å². The maximum absolute atomic E-state index is 12.1. The van der Waals surface area contributed by atoms with Gasteiger partial charge in [-0.25, -0.2) is 4.79 Å². The number of amides is 1. The lowest BCUT2D eigenvalue weighted by atomic mass is 9.90. The van der Waals surface area contributed by atoms with E-state index in [9.17, 15) is 4.79 Å². The molecule has 0 bridgehead atoms. The smallest absolute Gasteiger partial charge is 0.410 e. The fourth-order valence-corrected chi connectivity index (χ4v) is 2.28. The Bertz CT molecular complexity index is 353. The predicted octanol–water partition coefficient (Wildman–Crippen LogP) is 2.82. The van der Waals surface area contributed by atoms with Gasteiger partial charge in [0.1, 0.15) is 12.2 Å². The normalized spacial score (nSPS) is 23.8. The molecule has 4 heteroatoms. The Labute approximate surface area is 116 Å². The van der Waals surface area contributed by atoms with Crippen molar-refractivity contribution in [3.05, 3.63) is 0 Å². The number of carbonyl (C=O) groups is 1. The number of likely N-dealkylation sites (tertiary alicyclic amines) is 1. The van der Waals surface area contributed by atoms with Crippen molar-refractivity contribution in [2.45, 2.75) is 58.2 Å². The van der Waals surface area contributed by atoms with Crippen molar-refractivity contribution in [2.75, 3.05) is 19.7 Å². The van der Waals surface area contributed by atoms with Crippen molar-refractivity contribution >= 4 is 6.09 Å². The van der Waals surface area contributed by atoms with E-state index in [1.165, 1.54) is 0 Å².